The fraction of sp³-hybridized carbons (Fsp3) is 0.870. The SMILES string of the molecule is CCCCCC/C=C\CCCCCCCC(=O)OCC(COC(=O)CCCCCCCCCCCCCCC/C=C\C/C=C\CCCCCCC)OC(=O)CCCCCCCCCCCCCCCCCCCCC. The van der Waals surface area contributed by atoms with E-state index in [1.54, 1.807) is 0 Å². The van der Waals surface area contributed by atoms with Crippen LogP contribution in [0.2, 0.25) is 0 Å². The molecule has 0 aromatic carbocycles. The second-order valence-corrected chi connectivity index (χ2v) is 22.7. The molecule has 75 heavy (non-hydrogen) atoms. The minimum Gasteiger partial charge on any atom is -0.462 e. The van der Waals surface area contributed by atoms with Crippen molar-refractivity contribution in [1.82, 2.24) is 0 Å². The highest BCUT2D eigenvalue weighted by molar-refractivity contribution is 5.71. The fourth-order valence-electron chi connectivity index (χ4n) is 10.1. The number of rotatable bonds is 62. The van der Waals surface area contributed by atoms with Gasteiger partial charge in [0.2, 0.25) is 0 Å². The van der Waals surface area contributed by atoms with Gasteiger partial charge in [-0.3, -0.25) is 14.4 Å². The molecule has 0 aliphatic rings. The van der Waals surface area contributed by atoms with Gasteiger partial charge in [0, 0.05) is 19.3 Å². The summed E-state index contributed by atoms with van der Waals surface area (Å²) in [6.07, 6.45) is 78.7. The Kier molecular flexibility index (Phi) is 62.1. The molecule has 0 saturated heterocycles. The van der Waals surface area contributed by atoms with Crippen LogP contribution < -0.4 is 0 Å². The highest BCUT2D eigenvalue weighted by Crippen LogP contribution is 2.18. The van der Waals surface area contributed by atoms with Gasteiger partial charge in [-0.1, -0.05) is 308 Å². The maximum atomic E-state index is 12.9. The highest BCUT2D eigenvalue weighted by atomic mass is 16.6. The second-order valence-electron chi connectivity index (χ2n) is 22.7. The lowest BCUT2D eigenvalue weighted by Crippen LogP contribution is -2.30. The maximum Gasteiger partial charge on any atom is 0.306 e. The van der Waals surface area contributed by atoms with Gasteiger partial charge in [-0.15, -0.1) is 0 Å². The normalized spacial score (nSPS) is 12.2. The van der Waals surface area contributed by atoms with E-state index < -0.39 is 6.10 Å². The average molecular weight is 1050 g/mol. The Bertz CT molecular complexity index is 1250. The monoisotopic (exact) mass is 1050 g/mol. The molecule has 0 aromatic rings. The number of carbonyl (C=O) groups excluding carboxylic acids is 3. The molecule has 0 saturated carbocycles. The third kappa shape index (κ3) is 62.4. The van der Waals surface area contributed by atoms with Gasteiger partial charge in [0.15, 0.2) is 6.10 Å². The topological polar surface area (TPSA) is 78.9 Å². The molecule has 0 spiro atoms. The van der Waals surface area contributed by atoms with Gasteiger partial charge < -0.3 is 14.2 Å². The van der Waals surface area contributed by atoms with Crippen LogP contribution in [0.4, 0.5) is 0 Å². The van der Waals surface area contributed by atoms with Crippen LogP contribution in [0.3, 0.4) is 0 Å². The Labute approximate surface area is 467 Å². The largest absolute Gasteiger partial charge is 0.462 e. The van der Waals surface area contributed by atoms with Gasteiger partial charge in [-0.05, 0) is 77.0 Å². The van der Waals surface area contributed by atoms with Crippen LogP contribution in [-0.4, -0.2) is 37.2 Å². The number of hydrogen-bond donors (Lipinski definition) is 0. The third-order valence-corrected chi connectivity index (χ3v) is 15.1. The molecule has 0 aromatic heterocycles. The Morgan fingerprint density at radius 2 is 0.480 bits per heavy atom. The van der Waals surface area contributed by atoms with Crippen molar-refractivity contribution in [3.05, 3.63) is 36.5 Å². The van der Waals surface area contributed by atoms with Gasteiger partial charge in [-0.25, -0.2) is 0 Å². The molecule has 6 nitrogen and oxygen atoms in total. The second kappa shape index (κ2) is 64.2. The molecule has 0 heterocycles. The molecule has 1 unspecified atom stereocenters. The molecule has 440 valence electrons. The van der Waals surface area contributed by atoms with E-state index in [4.69, 9.17) is 14.2 Å². The summed E-state index contributed by atoms with van der Waals surface area (Å²) >= 11 is 0. The first-order valence-corrected chi connectivity index (χ1v) is 33.5. The molecule has 0 fully saturated rings. The van der Waals surface area contributed by atoms with Crippen LogP contribution in [0.1, 0.15) is 367 Å². The lowest BCUT2D eigenvalue weighted by Gasteiger charge is -2.18. The summed E-state index contributed by atoms with van der Waals surface area (Å²) in [5.74, 6) is -0.854. The first-order valence-electron chi connectivity index (χ1n) is 33.5. The summed E-state index contributed by atoms with van der Waals surface area (Å²) in [6.45, 7) is 6.67. The summed E-state index contributed by atoms with van der Waals surface area (Å²) in [6, 6.07) is 0. The highest BCUT2D eigenvalue weighted by Gasteiger charge is 2.19. The van der Waals surface area contributed by atoms with E-state index in [0.717, 1.165) is 70.6 Å². The molecule has 0 bridgehead atoms. The Balaban J connectivity index is 4.25. The number of ether oxygens (including phenoxy) is 3. The maximum absolute atomic E-state index is 12.9. The molecule has 0 rings (SSSR count). The van der Waals surface area contributed by atoms with E-state index in [1.165, 1.54) is 257 Å². The molecular formula is C69H128O6. The van der Waals surface area contributed by atoms with Crippen molar-refractivity contribution in [1.29, 1.82) is 0 Å². The fourth-order valence-corrected chi connectivity index (χ4v) is 10.1. The van der Waals surface area contributed by atoms with Crippen molar-refractivity contribution in [2.45, 2.75) is 374 Å². The van der Waals surface area contributed by atoms with Crippen molar-refractivity contribution >= 4 is 17.9 Å². The van der Waals surface area contributed by atoms with Gasteiger partial charge >= 0.3 is 17.9 Å². The van der Waals surface area contributed by atoms with Gasteiger partial charge in [0.25, 0.3) is 0 Å². The molecule has 6 heteroatoms. The Morgan fingerprint density at radius 3 is 0.760 bits per heavy atom. The quantitative estimate of drug-likeness (QED) is 0.0261. The molecule has 0 aliphatic carbocycles. The predicted octanol–water partition coefficient (Wildman–Crippen LogP) is 22.8. The van der Waals surface area contributed by atoms with E-state index in [9.17, 15) is 14.4 Å². The van der Waals surface area contributed by atoms with Crippen molar-refractivity contribution in [3.63, 3.8) is 0 Å². The van der Waals surface area contributed by atoms with E-state index in [-0.39, 0.29) is 31.1 Å². The summed E-state index contributed by atoms with van der Waals surface area (Å²) in [5.41, 5.74) is 0. The molecule has 0 N–H and O–H groups in total. The number of hydrogen-bond acceptors (Lipinski definition) is 6. The zero-order chi connectivity index (χ0) is 54.3. The molecular weight excluding hydrogens is 925 g/mol. The van der Waals surface area contributed by atoms with Crippen LogP contribution in [0.15, 0.2) is 36.5 Å². The lowest BCUT2D eigenvalue weighted by molar-refractivity contribution is -0.167. The van der Waals surface area contributed by atoms with Gasteiger partial charge in [0.05, 0.1) is 0 Å². The van der Waals surface area contributed by atoms with E-state index in [0.29, 0.717) is 19.3 Å². The molecule has 1 atom stereocenters. The van der Waals surface area contributed by atoms with Crippen LogP contribution in [0.25, 0.3) is 0 Å². The van der Waals surface area contributed by atoms with Crippen LogP contribution >= 0.6 is 0 Å². The average Bonchev–Trinajstić information content (AvgIpc) is 3.41. The predicted molar refractivity (Wildman–Crippen MR) is 326 cm³/mol. The number of unbranched alkanes of at least 4 members (excludes halogenated alkanes) is 45. The Morgan fingerprint density at radius 1 is 0.267 bits per heavy atom. The summed E-state index contributed by atoms with van der Waals surface area (Å²) in [5, 5.41) is 0. The zero-order valence-electron chi connectivity index (χ0n) is 50.6. The van der Waals surface area contributed by atoms with Crippen LogP contribution in [0, 0.1) is 0 Å². The Hall–Kier alpha value is -2.37. The molecule has 0 radical (unpaired) electrons. The summed E-state index contributed by atoms with van der Waals surface area (Å²) in [7, 11) is 0. The lowest BCUT2D eigenvalue weighted by atomic mass is 10.0. The minimum atomic E-state index is -0.773. The van der Waals surface area contributed by atoms with Crippen molar-refractivity contribution in [3.8, 4) is 0 Å². The number of esters is 3. The summed E-state index contributed by atoms with van der Waals surface area (Å²) < 4.78 is 17.0. The van der Waals surface area contributed by atoms with Crippen LogP contribution in [0.5, 0.6) is 0 Å². The first kappa shape index (κ1) is 72.6. The smallest absolute Gasteiger partial charge is 0.306 e. The van der Waals surface area contributed by atoms with Gasteiger partial charge in [-0.2, -0.15) is 0 Å². The number of allylic oxidation sites excluding steroid dienone is 6. The first-order chi connectivity index (χ1) is 37.0. The minimum absolute atomic E-state index is 0.0704. The standard InChI is InChI=1S/C69H128O6/c1-4-7-10-13-16-19-22-25-27-29-31-32-33-34-35-36-38-39-41-44-47-50-53-56-59-62-68(71)74-65-66(64-73-67(70)61-58-55-52-49-46-43-24-21-18-15-12-9-6-3)75-69(72)63-60-57-54-51-48-45-42-40-37-30-28-26-23-20-17-14-11-8-5-2/h21-22,24-25,29,31,66H,4-20,23,26-28,30,32-65H2,1-3H3/b24-21-,25-22-,31-29-. The molecule has 0 aliphatic heterocycles. The molecule has 0 amide bonds. The van der Waals surface area contributed by atoms with E-state index >= 15 is 0 Å². The zero-order valence-corrected chi connectivity index (χ0v) is 50.6. The van der Waals surface area contributed by atoms with Crippen LogP contribution in [-0.2, 0) is 28.6 Å². The van der Waals surface area contributed by atoms with Crippen molar-refractivity contribution in [2.24, 2.45) is 0 Å². The third-order valence-electron chi connectivity index (χ3n) is 15.1. The van der Waals surface area contributed by atoms with Crippen molar-refractivity contribution in [2.75, 3.05) is 13.2 Å². The van der Waals surface area contributed by atoms with E-state index in [2.05, 4.69) is 57.2 Å². The van der Waals surface area contributed by atoms with Gasteiger partial charge in [0.1, 0.15) is 13.2 Å². The number of carbonyl (C=O) groups is 3. The van der Waals surface area contributed by atoms with E-state index in [1.807, 2.05) is 0 Å². The van der Waals surface area contributed by atoms with Crippen molar-refractivity contribution < 1.29 is 28.6 Å². The summed E-state index contributed by atoms with van der Waals surface area (Å²) in [4.78, 5) is 38.3.